The van der Waals surface area contributed by atoms with Crippen LogP contribution in [0.4, 0.5) is 5.69 Å². The maximum Gasteiger partial charge on any atom is 0.354 e. The number of hydrogen-bond acceptors (Lipinski definition) is 6. The lowest BCUT2D eigenvalue weighted by molar-refractivity contribution is 0.0690. The van der Waals surface area contributed by atoms with Crippen LogP contribution in [-0.4, -0.2) is 29.1 Å². The third-order valence-corrected chi connectivity index (χ3v) is 12.3. The zero-order valence-electron chi connectivity index (χ0n) is 32.7. The Bertz CT molecular complexity index is 2860. The van der Waals surface area contributed by atoms with Crippen LogP contribution in [0.5, 0.6) is 0 Å². The van der Waals surface area contributed by atoms with E-state index >= 15 is 0 Å². The SMILES string of the molecule is N#CC(C#N)=C1C=C(/C=C/c2cc3c4c(c2)CCCN4CCC3)OC(c2ccc(C3(c4ccc(-c5ccnc(C(=O)O)c5)cc4)c4ccccc4-c4ccccc43)cc2)=C1. The molecule has 0 fully saturated rings. The summed E-state index contributed by atoms with van der Waals surface area (Å²) in [5, 5.41) is 29.4. The normalized spacial score (nSPS) is 15.7. The van der Waals surface area contributed by atoms with Gasteiger partial charge in [0.25, 0.3) is 0 Å². The summed E-state index contributed by atoms with van der Waals surface area (Å²) in [5.74, 6) is 0.0194. The number of carboxylic acids is 1. The van der Waals surface area contributed by atoms with E-state index in [9.17, 15) is 20.4 Å². The molecule has 288 valence electrons. The Morgan fingerprint density at radius 1 is 0.717 bits per heavy atom. The van der Waals surface area contributed by atoms with Crippen LogP contribution in [0.25, 0.3) is 34.1 Å². The third kappa shape index (κ3) is 6.11. The number of hydrogen-bond donors (Lipinski definition) is 1. The molecule has 7 heteroatoms. The average Bonchev–Trinajstić information content (AvgIpc) is 3.60. The number of nitriles is 2. The van der Waals surface area contributed by atoms with Crippen molar-refractivity contribution in [2.75, 3.05) is 18.0 Å². The molecule has 0 bridgehead atoms. The average molecular weight is 779 g/mol. The first kappa shape index (κ1) is 36.6. The van der Waals surface area contributed by atoms with Crippen molar-refractivity contribution in [3.05, 3.63) is 213 Å². The van der Waals surface area contributed by atoms with Gasteiger partial charge in [-0.1, -0.05) is 103 Å². The molecule has 0 amide bonds. The third-order valence-electron chi connectivity index (χ3n) is 12.3. The number of aromatic nitrogens is 1. The Morgan fingerprint density at radius 2 is 1.32 bits per heavy atom. The van der Waals surface area contributed by atoms with Gasteiger partial charge < -0.3 is 14.7 Å². The highest BCUT2D eigenvalue weighted by Crippen LogP contribution is 2.56. The van der Waals surface area contributed by atoms with E-state index in [4.69, 9.17) is 4.74 Å². The molecule has 1 aliphatic carbocycles. The second-order valence-electron chi connectivity index (χ2n) is 15.7. The molecular formula is C53H38N4O3. The molecule has 4 heterocycles. The van der Waals surface area contributed by atoms with Gasteiger partial charge in [0.2, 0.25) is 0 Å². The largest absolute Gasteiger partial charge is 0.477 e. The van der Waals surface area contributed by atoms with Gasteiger partial charge in [-0.3, -0.25) is 0 Å². The standard InChI is InChI=1S/C53H38N4O3/c54-32-41(33-55)40-29-44(22-13-34-27-38-7-5-25-57-26-6-8-39(28-34)51(38)57)60-50(31-40)36-16-20-43(21-17-36)53(47-11-3-1-9-45(47)46-10-2-4-12-48(46)53)42-18-14-35(15-19-42)37-23-24-56-49(30-37)52(58)59/h1-4,9-24,27-31H,5-8,25-26H2,(H,58,59)/b22-13+. The highest BCUT2D eigenvalue weighted by molar-refractivity contribution is 5.88. The number of pyridine rings is 1. The van der Waals surface area contributed by atoms with Crippen LogP contribution in [0.3, 0.4) is 0 Å². The molecule has 0 atom stereocenters. The van der Waals surface area contributed by atoms with E-state index in [1.165, 1.54) is 23.0 Å². The van der Waals surface area contributed by atoms with Crippen LogP contribution in [0, 0.1) is 22.7 Å². The number of rotatable bonds is 7. The molecule has 1 N–H and O–H groups in total. The summed E-state index contributed by atoms with van der Waals surface area (Å²) in [4.78, 5) is 18.2. The van der Waals surface area contributed by atoms with Crippen LogP contribution in [0.1, 0.15) is 67.8 Å². The number of ether oxygens (including phenoxy) is 1. The molecule has 7 nitrogen and oxygen atoms in total. The Hall–Kier alpha value is -7.74. The van der Waals surface area contributed by atoms with Crippen LogP contribution < -0.4 is 4.90 Å². The highest BCUT2D eigenvalue weighted by atomic mass is 16.5. The number of aromatic carboxylic acids is 1. The molecule has 0 radical (unpaired) electrons. The molecule has 5 aromatic carbocycles. The van der Waals surface area contributed by atoms with Crippen molar-refractivity contribution in [2.24, 2.45) is 0 Å². The Morgan fingerprint density at radius 3 is 1.92 bits per heavy atom. The first-order valence-corrected chi connectivity index (χ1v) is 20.3. The molecule has 1 aromatic heterocycles. The van der Waals surface area contributed by atoms with E-state index in [1.54, 1.807) is 18.2 Å². The monoisotopic (exact) mass is 778 g/mol. The van der Waals surface area contributed by atoms with Gasteiger partial charge in [-0.15, -0.1) is 0 Å². The lowest BCUT2D eigenvalue weighted by Gasteiger charge is -2.37. The van der Waals surface area contributed by atoms with E-state index in [-0.39, 0.29) is 11.3 Å². The molecule has 3 aliphatic heterocycles. The van der Waals surface area contributed by atoms with Gasteiger partial charge >= 0.3 is 5.97 Å². The van der Waals surface area contributed by atoms with Gasteiger partial charge in [0.15, 0.2) is 0 Å². The fraction of sp³-hybridized carbons (Fsp3) is 0.132. The van der Waals surface area contributed by atoms with Crippen LogP contribution in [-0.2, 0) is 23.0 Å². The Kier molecular flexibility index (Phi) is 9.08. The number of fused-ring (bicyclic) bond motifs is 3. The number of carboxylic acid groups (broad SMARTS) is 1. The summed E-state index contributed by atoms with van der Waals surface area (Å²) in [6, 6.07) is 45.9. The van der Waals surface area contributed by atoms with E-state index in [2.05, 4.69) is 113 Å². The fourth-order valence-corrected chi connectivity index (χ4v) is 9.70. The summed E-state index contributed by atoms with van der Waals surface area (Å²) in [6.07, 6.45) is 13.5. The van der Waals surface area contributed by atoms with Crippen molar-refractivity contribution < 1.29 is 14.6 Å². The number of carbonyl (C=O) groups is 1. The van der Waals surface area contributed by atoms with Crippen molar-refractivity contribution in [2.45, 2.75) is 31.1 Å². The number of anilines is 1. The molecule has 0 spiro atoms. The van der Waals surface area contributed by atoms with Crippen LogP contribution >= 0.6 is 0 Å². The van der Waals surface area contributed by atoms with Crippen LogP contribution in [0.2, 0.25) is 0 Å². The minimum absolute atomic E-state index is 0.00290. The van der Waals surface area contributed by atoms with Gasteiger partial charge in [-0.25, -0.2) is 9.78 Å². The summed E-state index contributed by atoms with van der Waals surface area (Å²) < 4.78 is 6.56. The second-order valence-corrected chi connectivity index (χ2v) is 15.7. The molecule has 60 heavy (non-hydrogen) atoms. The summed E-state index contributed by atoms with van der Waals surface area (Å²) in [6.45, 7) is 2.25. The fourth-order valence-electron chi connectivity index (χ4n) is 9.70. The predicted octanol–water partition coefficient (Wildman–Crippen LogP) is 10.8. The van der Waals surface area contributed by atoms with E-state index in [0.29, 0.717) is 17.1 Å². The highest BCUT2D eigenvalue weighted by Gasteiger charge is 2.46. The van der Waals surface area contributed by atoms with Gasteiger partial charge in [-0.05, 0) is 129 Å². The maximum atomic E-state index is 11.7. The van der Waals surface area contributed by atoms with Crippen molar-refractivity contribution in [1.82, 2.24) is 4.98 Å². The second kappa shape index (κ2) is 14.9. The predicted molar refractivity (Wildman–Crippen MR) is 234 cm³/mol. The van der Waals surface area contributed by atoms with Crippen molar-refractivity contribution in [3.8, 4) is 34.4 Å². The number of allylic oxidation sites excluding steroid dienone is 5. The zero-order chi connectivity index (χ0) is 40.8. The number of aryl methyl sites for hydroxylation is 2. The summed E-state index contributed by atoms with van der Waals surface area (Å²) >= 11 is 0. The molecule has 0 saturated carbocycles. The topological polar surface area (TPSA) is 110 Å². The summed E-state index contributed by atoms with van der Waals surface area (Å²) in [7, 11) is 0. The molecular weight excluding hydrogens is 741 g/mol. The Labute approximate surface area is 348 Å². The smallest absolute Gasteiger partial charge is 0.354 e. The quantitative estimate of drug-likeness (QED) is 0.160. The first-order valence-electron chi connectivity index (χ1n) is 20.3. The van der Waals surface area contributed by atoms with Crippen LogP contribution in [0.15, 0.2) is 163 Å². The van der Waals surface area contributed by atoms with Crippen molar-refractivity contribution >= 4 is 23.5 Å². The molecule has 0 unspecified atom stereocenters. The number of benzene rings is 5. The van der Waals surface area contributed by atoms with Gasteiger partial charge in [0.05, 0.1) is 5.41 Å². The maximum absolute atomic E-state index is 11.7. The summed E-state index contributed by atoms with van der Waals surface area (Å²) in [5.41, 5.74) is 14.4. The molecule has 0 saturated heterocycles. The van der Waals surface area contributed by atoms with E-state index < -0.39 is 11.4 Å². The van der Waals surface area contributed by atoms with Crippen molar-refractivity contribution in [3.63, 3.8) is 0 Å². The van der Waals surface area contributed by atoms with Gasteiger partial charge in [0.1, 0.15) is 34.9 Å². The lowest BCUT2D eigenvalue weighted by atomic mass is 9.67. The van der Waals surface area contributed by atoms with Gasteiger partial charge in [0, 0.05) is 36.1 Å². The minimum Gasteiger partial charge on any atom is -0.477 e. The first-order chi connectivity index (χ1) is 29.4. The Balaban J connectivity index is 1.03. The van der Waals surface area contributed by atoms with E-state index in [0.717, 1.165) is 94.4 Å². The molecule has 4 aliphatic rings. The molecule has 10 rings (SSSR count). The zero-order valence-corrected chi connectivity index (χ0v) is 32.7. The van der Waals surface area contributed by atoms with Gasteiger partial charge in [-0.2, -0.15) is 10.5 Å². The molecule has 6 aromatic rings. The number of nitrogens with zero attached hydrogens (tertiary/aromatic N) is 4. The van der Waals surface area contributed by atoms with E-state index in [1.807, 2.05) is 36.4 Å². The lowest BCUT2D eigenvalue weighted by Crippen LogP contribution is -2.34. The minimum atomic E-state index is -1.07. The van der Waals surface area contributed by atoms with Crippen molar-refractivity contribution in [1.29, 1.82) is 10.5 Å².